The summed E-state index contributed by atoms with van der Waals surface area (Å²) < 4.78 is 0. The zero-order chi connectivity index (χ0) is 13.0. The molecule has 5 nitrogen and oxygen atoms in total. The second-order valence-electron chi connectivity index (χ2n) is 4.54. The summed E-state index contributed by atoms with van der Waals surface area (Å²) in [6.07, 6.45) is 3.98. The number of carbonyl (C=O) groups is 1. The van der Waals surface area contributed by atoms with Gasteiger partial charge in [0.15, 0.2) is 0 Å². The Labute approximate surface area is 106 Å². The van der Waals surface area contributed by atoms with Crippen molar-refractivity contribution < 1.29 is 4.79 Å². The zero-order valence-electron chi connectivity index (χ0n) is 10.7. The van der Waals surface area contributed by atoms with Crippen LogP contribution < -0.4 is 5.43 Å². The number of H-pyrrole nitrogens is 1. The van der Waals surface area contributed by atoms with Crippen LogP contribution in [-0.2, 0) is 11.2 Å². The number of imidazole rings is 1. The molecule has 0 aliphatic carbocycles. The van der Waals surface area contributed by atoms with Gasteiger partial charge in [-0.1, -0.05) is 6.07 Å². The number of nitrogens with one attached hydrogen (secondary N) is 2. The van der Waals surface area contributed by atoms with E-state index in [9.17, 15) is 4.79 Å². The molecule has 0 saturated heterocycles. The molecule has 0 radical (unpaired) electrons. The smallest absolute Gasteiger partial charge is 0.234 e. The maximum Gasteiger partial charge on any atom is 0.234 e. The molecule has 0 spiro atoms. The van der Waals surface area contributed by atoms with E-state index in [0.717, 1.165) is 23.9 Å². The van der Waals surface area contributed by atoms with Crippen LogP contribution in [0.25, 0.3) is 11.0 Å². The van der Waals surface area contributed by atoms with Gasteiger partial charge in [0, 0.05) is 20.5 Å². The van der Waals surface area contributed by atoms with Crippen molar-refractivity contribution in [3.63, 3.8) is 0 Å². The predicted molar refractivity (Wildman–Crippen MR) is 70.9 cm³/mol. The van der Waals surface area contributed by atoms with Gasteiger partial charge in [0.25, 0.3) is 0 Å². The lowest BCUT2D eigenvalue weighted by Gasteiger charge is -2.11. The van der Waals surface area contributed by atoms with Crippen LogP contribution in [0.15, 0.2) is 24.5 Å². The van der Waals surface area contributed by atoms with Crippen molar-refractivity contribution in [3.8, 4) is 0 Å². The van der Waals surface area contributed by atoms with Crippen LogP contribution in [0.5, 0.6) is 0 Å². The van der Waals surface area contributed by atoms with Crippen LogP contribution in [-0.4, -0.2) is 35.0 Å². The van der Waals surface area contributed by atoms with Gasteiger partial charge in [-0.3, -0.25) is 10.2 Å². The molecular weight excluding hydrogens is 228 g/mol. The fraction of sp³-hybridized carbons (Fsp3) is 0.385. The van der Waals surface area contributed by atoms with Crippen molar-refractivity contribution in [2.24, 2.45) is 0 Å². The van der Waals surface area contributed by atoms with Gasteiger partial charge in [-0.15, -0.1) is 0 Å². The van der Waals surface area contributed by atoms with Crippen LogP contribution in [0.2, 0.25) is 0 Å². The number of carbonyl (C=O) groups excluding carboxylic acids is 1. The molecule has 0 fully saturated rings. The van der Waals surface area contributed by atoms with Gasteiger partial charge >= 0.3 is 0 Å². The number of aryl methyl sites for hydroxylation is 1. The average Bonchev–Trinajstić information content (AvgIpc) is 2.75. The largest absolute Gasteiger partial charge is 0.345 e. The number of nitrogens with zero attached hydrogens (tertiary/aromatic N) is 2. The highest BCUT2D eigenvalue weighted by Gasteiger charge is 2.03. The lowest BCUT2D eigenvalue weighted by Crippen LogP contribution is -2.35. The average molecular weight is 246 g/mol. The van der Waals surface area contributed by atoms with E-state index in [0.29, 0.717) is 6.42 Å². The van der Waals surface area contributed by atoms with E-state index >= 15 is 0 Å². The molecule has 2 aromatic rings. The molecule has 0 aliphatic rings. The standard InChI is InChI=1S/C13H18N4O/c1-17(2)16-13(18)5-3-4-10-6-7-11-12(8-10)15-9-14-11/h6-9H,3-5H2,1-2H3,(H,14,15)(H,16,18). The summed E-state index contributed by atoms with van der Waals surface area (Å²) >= 11 is 0. The third kappa shape index (κ3) is 3.30. The summed E-state index contributed by atoms with van der Waals surface area (Å²) in [7, 11) is 3.62. The van der Waals surface area contributed by atoms with Gasteiger partial charge in [-0.25, -0.2) is 9.99 Å². The van der Waals surface area contributed by atoms with Crippen molar-refractivity contribution in [3.05, 3.63) is 30.1 Å². The molecule has 2 N–H and O–H groups in total. The SMILES string of the molecule is CN(C)NC(=O)CCCc1ccc2nc[nH]c2c1. The first-order chi connectivity index (χ1) is 8.65. The van der Waals surface area contributed by atoms with Crippen molar-refractivity contribution in [1.82, 2.24) is 20.4 Å². The minimum atomic E-state index is 0.0580. The lowest BCUT2D eigenvalue weighted by molar-refractivity contribution is -0.124. The highest BCUT2D eigenvalue weighted by atomic mass is 16.2. The molecule has 0 bridgehead atoms. The Balaban J connectivity index is 1.84. The molecule has 0 atom stereocenters. The zero-order valence-corrected chi connectivity index (χ0v) is 10.7. The number of amides is 1. The number of hydrazine groups is 1. The molecule has 96 valence electrons. The highest BCUT2D eigenvalue weighted by molar-refractivity contribution is 5.76. The van der Waals surface area contributed by atoms with Crippen LogP contribution in [0.4, 0.5) is 0 Å². The van der Waals surface area contributed by atoms with Gasteiger partial charge in [0.2, 0.25) is 5.91 Å². The Hall–Kier alpha value is -1.88. The van der Waals surface area contributed by atoms with E-state index < -0.39 is 0 Å². The second kappa shape index (κ2) is 5.64. The Morgan fingerprint density at radius 1 is 1.44 bits per heavy atom. The van der Waals surface area contributed by atoms with E-state index in [-0.39, 0.29) is 5.91 Å². The number of hydrogen-bond donors (Lipinski definition) is 2. The van der Waals surface area contributed by atoms with E-state index in [2.05, 4.69) is 27.5 Å². The highest BCUT2D eigenvalue weighted by Crippen LogP contribution is 2.13. The van der Waals surface area contributed by atoms with Crippen molar-refractivity contribution in [2.45, 2.75) is 19.3 Å². The van der Waals surface area contributed by atoms with Gasteiger partial charge in [-0.2, -0.15) is 0 Å². The molecule has 18 heavy (non-hydrogen) atoms. The van der Waals surface area contributed by atoms with Gasteiger partial charge in [-0.05, 0) is 30.5 Å². The van der Waals surface area contributed by atoms with Crippen LogP contribution in [0.1, 0.15) is 18.4 Å². The molecule has 0 aliphatic heterocycles. The number of rotatable bonds is 5. The lowest BCUT2D eigenvalue weighted by atomic mass is 10.1. The molecule has 0 saturated carbocycles. The Morgan fingerprint density at radius 2 is 2.28 bits per heavy atom. The summed E-state index contributed by atoms with van der Waals surface area (Å²) in [5, 5.41) is 1.67. The molecule has 1 aromatic carbocycles. The van der Waals surface area contributed by atoms with E-state index in [1.807, 2.05) is 20.2 Å². The van der Waals surface area contributed by atoms with Gasteiger partial charge in [0.05, 0.1) is 17.4 Å². The topological polar surface area (TPSA) is 61.0 Å². The second-order valence-corrected chi connectivity index (χ2v) is 4.54. The van der Waals surface area contributed by atoms with Crippen molar-refractivity contribution in [1.29, 1.82) is 0 Å². The van der Waals surface area contributed by atoms with Crippen LogP contribution >= 0.6 is 0 Å². The number of aromatic amines is 1. The van der Waals surface area contributed by atoms with E-state index in [4.69, 9.17) is 0 Å². The van der Waals surface area contributed by atoms with E-state index in [1.54, 1.807) is 11.3 Å². The van der Waals surface area contributed by atoms with Crippen LogP contribution in [0.3, 0.4) is 0 Å². The number of benzene rings is 1. The Morgan fingerprint density at radius 3 is 3.06 bits per heavy atom. The molecule has 2 rings (SSSR count). The molecule has 1 amide bonds. The monoisotopic (exact) mass is 246 g/mol. The minimum absolute atomic E-state index is 0.0580. The summed E-state index contributed by atoms with van der Waals surface area (Å²) in [4.78, 5) is 18.7. The maximum absolute atomic E-state index is 11.4. The number of aromatic nitrogens is 2. The maximum atomic E-state index is 11.4. The first kappa shape index (κ1) is 12.6. The van der Waals surface area contributed by atoms with Gasteiger partial charge < -0.3 is 4.98 Å². The first-order valence-electron chi connectivity index (χ1n) is 6.04. The fourth-order valence-corrected chi connectivity index (χ4v) is 1.90. The normalized spacial score (nSPS) is 11.1. The third-order valence-electron chi connectivity index (χ3n) is 2.70. The molecule has 5 heteroatoms. The summed E-state index contributed by atoms with van der Waals surface area (Å²) in [5.41, 5.74) is 5.98. The van der Waals surface area contributed by atoms with Crippen molar-refractivity contribution in [2.75, 3.05) is 14.1 Å². The van der Waals surface area contributed by atoms with Gasteiger partial charge in [0.1, 0.15) is 0 Å². The number of fused-ring (bicyclic) bond motifs is 1. The molecule has 1 aromatic heterocycles. The molecule has 0 unspecified atom stereocenters. The summed E-state index contributed by atoms with van der Waals surface area (Å²) in [6, 6.07) is 6.15. The van der Waals surface area contributed by atoms with Crippen molar-refractivity contribution >= 4 is 16.9 Å². The summed E-state index contributed by atoms with van der Waals surface area (Å²) in [5.74, 6) is 0.0580. The van der Waals surface area contributed by atoms with E-state index in [1.165, 1.54) is 5.56 Å². The fourth-order valence-electron chi connectivity index (χ4n) is 1.90. The Bertz CT molecular complexity index is 533. The molecule has 1 heterocycles. The summed E-state index contributed by atoms with van der Waals surface area (Å²) in [6.45, 7) is 0. The minimum Gasteiger partial charge on any atom is -0.345 e. The first-order valence-corrected chi connectivity index (χ1v) is 6.04. The molecular formula is C13H18N4O. The van der Waals surface area contributed by atoms with Crippen LogP contribution in [0, 0.1) is 0 Å². The Kier molecular flexibility index (Phi) is 3.94. The quantitative estimate of drug-likeness (QED) is 0.785. The predicted octanol–water partition coefficient (Wildman–Crippen LogP) is 1.48. The third-order valence-corrected chi connectivity index (χ3v) is 2.70. The number of hydrogen-bond acceptors (Lipinski definition) is 3.